The molecule has 0 unspecified atom stereocenters. The summed E-state index contributed by atoms with van der Waals surface area (Å²) in [5, 5.41) is 9.00. The second kappa shape index (κ2) is 4.40. The zero-order valence-electron chi connectivity index (χ0n) is 8.76. The van der Waals surface area contributed by atoms with E-state index in [0.717, 1.165) is 0 Å². The number of hydrogen-bond donors (Lipinski definition) is 1. The fourth-order valence-electron chi connectivity index (χ4n) is 1.08. The summed E-state index contributed by atoms with van der Waals surface area (Å²) in [6.07, 6.45) is 0.774. The standard InChI is InChI=1S/C10H18O3/c1-7(2)10(4,9(12)13)6-5-8(3)11/h7H,5-6H2,1-4H3,(H,12,13)/t10-/m1/s1. The topological polar surface area (TPSA) is 54.4 Å². The molecule has 3 nitrogen and oxygen atoms in total. The van der Waals surface area contributed by atoms with Gasteiger partial charge in [0.15, 0.2) is 0 Å². The van der Waals surface area contributed by atoms with Crippen LogP contribution in [0.3, 0.4) is 0 Å². The molecule has 0 saturated carbocycles. The Balaban J connectivity index is 4.43. The van der Waals surface area contributed by atoms with Gasteiger partial charge in [-0.15, -0.1) is 0 Å². The summed E-state index contributed by atoms with van der Waals surface area (Å²) in [4.78, 5) is 21.7. The minimum Gasteiger partial charge on any atom is -0.481 e. The minimum atomic E-state index is -0.816. The Morgan fingerprint density at radius 3 is 2.08 bits per heavy atom. The smallest absolute Gasteiger partial charge is 0.309 e. The fourth-order valence-corrected chi connectivity index (χ4v) is 1.08. The van der Waals surface area contributed by atoms with Gasteiger partial charge in [-0.05, 0) is 26.2 Å². The number of hydrogen-bond acceptors (Lipinski definition) is 2. The van der Waals surface area contributed by atoms with Crippen molar-refractivity contribution in [3.05, 3.63) is 0 Å². The van der Waals surface area contributed by atoms with Gasteiger partial charge in [0.05, 0.1) is 5.41 Å². The van der Waals surface area contributed by atoms with Gasteiger partial charge in [-0.3, -0.25) is 4.79 Å². The molecule has 13 heavy (non-hydrogen) atoms. The van der Waals surface area contributed by atoms with E-state index in [1.54, 1.807) is 6.92 Å². The van der Waals surface area contributed by atoms with Crippen LogP contribution in [0.5, 0.6) is 0 Å². The third-order valence-corrected chi connectivity index (χ3v) is 2.76. The van der Waals surface area contributed by atoms with E-state index >= 15 is 0 Å². The average Bonchev–Trinajstić information content (AvgIpc) is 1.99. The third-order valence-electron chi connectivity index (χ3n) is 2.76. The molecule has 3 heteroatoms. The van der Waals surface area contributed by atoms with Crippen LogP contribution in [0.1, 0.15) is 40.5 Å². The van der Waals surface area contributed by atoms with Crippen molar-refractivity contribution in [2.45, 2.75) is 40.5 Å². The highest BCUT2D eigenvalue weighted by Crippen LogP contribution is 2.32. The normalized spacial score (nSPS) is 15.5. The molecule has 0 aliphatic heterocycles. The van der Waals surface area contributed by atoms with Crippen LogP contribution in [-0.2, 0) is 9.59 Å². The van der Waals surface area contributed by atoms with Crippen molar-refractivity contribution in [3.8, 4) is 0 Å². The van der Waals surface area contributed by atoms with Gasteiger partial charge in [-0.1, -0.05) is 13.8 Å². The lowest BCUT2D eigenvalue weighted by molar-refractivity contribution is -0.151. The number of carboxylic acids is 1. The number of aliphatic carboxylic acids is 1. The van der Waals surface area contributed by atoms with E-state index < -0.39 is 11.4 Å². The fraction of sp³-hybridized carbons (Fsp3) is 0.800. The molecule has 0 rings (SSSR count). The van der Waals surface area contributed by atoms with Gasteiger partial charge in [0.1, 0.15) is 5.78 Å². The van der Waals surface area contributed by atoms with Crippen LogP contribution in [-0.4, -0.2) is 16.9 Å². The van der Waals surface area contributed by atoms with E-state index in [4.69, 9.17) is 5.11 Å². The van der Waals surface area contributed by atoms with E-state index in [2.05, 4.69) is 0 Å². The maximum atomic E-state index is 11.0. The second-order valence-electron chi connectivity index (χ2n) is 4.08. The molecule has 0 aliphatic rings. The molecule has 1 N–H and O–H groups in total. The maximum Gasteiger partial charge on any atom is 0.309 e. The van der Waals surface area contributed by atoms with Crippen LogP contribution < -0.4 is 0 Å². The molecule has 1 atom stereocenters. The van der Waals surface area contributed by atoms with Crippen LogP contribution in [0.15, 0.2) is 0 Å². The van der Waals surface area contributed by atoms with Gasteiger partial charge in [0, 0.05) is 6.42 Å². The summed E-state index contributed by atoms with van der Waals surface area (Å²) < 4.78 is 0. The van der Waals surface area contributed by atoms with Gasteiger partial charge in [-0.2, -0.15) is 0 Å². The number of ketones is 1. The van der Waals surface area contributed by atoms with Crippen molar-refractivity contribution >= 4 is 11.8 Å². The van der Waals surface area contributed by atoms with E-state index in [-0.39, 0.29) is 11.7 Å². The van der Waals surface area contributed by atoms with E-state index in [0.29, 0.717) is 12.8 Å². The minimum absolute atomic E-state index is 0.0457. The largest absolute Gasteiger partial charge is 0.481 e. The number of Topliss-reactive ketones (excluding diaryl/α,β-unsaturated/α-hetero) is 1. The van der Waals surface area contributed by atoms with Crippen LogP contribution in [0.25, 0.3) is 0 Å². The van der Waals surface area contributed by atoms with Gasteiger partial charge in [0.2, 0.25) is 0 Å². The lowest BCUT2D eigenvalue weighted by Gasteiger charge is -2.28. The first-order valence-electron chi connectivity index (χ1n) is 4.53. The van der Waals surface area contributed by atoms with Gasteiger partial charge < -0.3 is 9.90 Å². The number of carboxylic acid groups (broad SMARTS) is 1. The Labute approximate surface area is 79.1 Å². The Hall–Kier alpha value is -0.860. The molecule has 0 fully saturated rings. The molecule has 0 heterocycles. The van der Waals surface area contributed by atoms with Crippen molar-refractivity contribution in [2.75, 3.05) is 0 Å². The summed E-state index contributed by atoms with van der Waals surface area (Å²) in [6.45, 7) is 6.92. The molecule has 0 bridgehead atoms. The molecule has 0 aromatic rings. The molecule has 0 aromatic heterocycles. The van der Waals surface area contributed by atoms with E-state index in [9.17, 15) is 9.59 Å². The van der Waals surface area contributed by atoms with Crippen molar-refractivity contribution in [1.29, 1.82) is 0 Å². The van der Waals surface area contributed by atoms with E-state index in [1.165, 1.54) is 6.92 Å². The van der Waals surface area contributed by atoms with Crippen LogP contribution in [0.4, 0.5) is 0 Å². The molecular formula is C10H18O3. The predicted octanol–water partition coefficient (Wildman–Crippen LogP) is 2.10. The Bertz CT molecular complexity index is 208. The highest BCUT2D eigenvalue weighted by molar-refractivity contribution is 5.78. The predicted molar refractivity (Wildman–Crippen MR) is 50.5 cm³/mol. The highest BCUT2D eigenvalue weighted by atomic mass is 16.4. The van der Waals surface area contributed by atoms with Crippen LogP contribution in [0, 0.1) is 11.3 Å². The Kier molecular flexibility index (Phi) is 4.11. The van der Waals surface area contributed by atoms with Gasteiger partial charge >= 0.3 is 5.97 Å². The number of carbonyl (C=O) groups is 2. The summed E-state index contributed by atoms with van der Waals surface area (Å²) in [5.41, 5.74) is -0.772. The molecule has 0 saturated heterocycles. The monoisotopic (exact) mass is 186 g/mol. The summed E-state index contributed by atoms with van der Waals surface area (Å²) >= 11 is 0. The molecule has 0 spiro atoms. The molecule has 76 valence electrons. The molecule has 0 radical (unpaired) electrons. The second-order valence-corrected chi connectivity index (χ2v) is 4.08. The lowest BCUT2D eigenvalue weighted by Crippen LogP contribution is -2.33. The first kappa shape index (κ1) is 12.1. The zero-order chi connectivity index (χ0) is 10.6. The van der Waals surface area contributed by atoms with Crippen molar-refractivity contribution in [1.82, 2.24) is 0 Å². The summed E-state index contributed by atoms with van der Waals surface area (Å²) in [6, 6.07) is 0. The molecular weight excluding hydrogens is 168 g/mol. The lowest BCUT2D eigenvalue weighted by atomic mass is 9.75. The summed E-state index contributed by atoms with van der Waals surface area (Å²) in [5.74, 6) is -0.721. The van der Waals surface area contributed by atoms with E-state index in [1.807, 2.05) is 13.8 Å². The quantitative estimate of drug-likeness (QED) is 0.715. The van der Waals surface area contributed by atoms with Crippen molar-refractivity contribution in [2.24, 2.45) is 11.3 Å². The Morgan fingerprint density at radius 2 is 1.85 bits per heavy atom. The van der Waals surface area contributed by atoms with Crippen LogP contribution >= 0.6 is 0 Å². The summed E-state index contributed by atoms with van der Waals surface area (Å²) in [7, 11) is 0. The molecule has 0 amide bonds. The first-order valence-corrected chi connectivity index (χ1v) is 4.53. The zero-order valence-corrected chi connectivity index (χ0v) is 8.76. The van der Waals surface area contributed by atoms with Gasteiger partial charge in [-0.25, -0.2) is 0 Å². The van der Waals surface area contributed by atoms with Gasteiger partial charge in [0.25, 0.3) is 0 Å². The third kappa shape index (κ3) is 3.17. The Morgan fingerprint density at radius 1 is 1.38 bits per heavy atom. The average molecular weight is 186 g/mol. The molecule has 0 aliphatic carbocycles. The molecule has 0 aromatic carbocycles. The van der Waals surface area contributed by atoms with Crippen LogP contribution in [0.2, 0.25) is 0 Å². The SMILES string of the molecule is CC(=O)CC[C@@](C)(C(=O)O)C(C)C. The highest BCUT2D eigenvalue weighted by Gasteiger charge is 2.36. The number of carbonyl (C=O) groups excluding carboxylic acids is 1. The van der Waals surface area contributed by atoms with Crippen molar-refractivity contribution in [3.63, 3.8) is 0 Å². The van der Waals surface area contributed by atoms with Crippen molar-refractivity contribution < 1.29 is 14.7 Å². The maximum absolute atomic E-state index is 11.0. The number of rotatable bonds is 5. The first-order chi connectivity index (χ1) is 5.80.